The van der Waals surface area contributed by atoms with Crippen LogP contribution < -0.4 is 4.74 Å². The fourth-order valence-corrected chi connectivity index (χ4v) is 6.36. The van der Waals surface area contributed by atoms with Crippen LogP contribution >= 0.6 is 0 Å². The highest BCUT2D eigenvalue weighted by atomic mass is 19.4. The summed E-state index contributed by atoms with van der Waals surface area (Å²) in [5.41, 5.74) is 3.77. The molecule has 0 N–H and O–H groups in total. The molecule has 3 aromatic carbocycles. The van der Waals surface area contributed by atoms with Crippen molar-refractivity contribution in [1.82, 2.24) is 19.7 Å². The van der Waals surface area contributed by atoms with E-state index in [0.29, 0.717) is 50.6 Å². The molecule has 2 amide bonds. The number of halogens is 3. The Hall–Kier alpha value is -4.96. The van der Waals surface area contributed by atoms with Crippen LogP contribution in [0.5, 0.6) is 5.88 Å². The molecule has 10 heteroatoms. The maximum atomic E-state index is 14.5. The first-order valence-corrected chi connectivity index (χ1v) is 17.9. The predicted molar refractivity (Wildman–Crippen MR) is 197 cm³/mol. The Labute approximate surface area is 304 Å². The van der Waals surface area contributed by atoms with E-state index in [0.717, 1.165) is 54.5 Å². The van der Waals surface area contributed by atoms with Gasteiger partial charge in [0.2, 0.25) is 17.7 Å². The van der Waals surface area contributed by atoms with Gasteiger partial charge < -0.3 is 14.5 Å². The highest BCUT2D eigenvalue weighted by molar-refractivity contribution is 5.95. The lowest BCUT2D eigenvalue weighted by Gasteiger charge is -2.39. The average Bonchev–Trinajstić information content (AvgIpc) is 3.16. The summed E-state index contributed by atoms with van der Waals surface area (Å²) in [7, 11) is 1.58. The van der Waals surface area contributed by atoms with Crippen molar-refractivity contribution in [1.29, 1.82) is 0 Å². The maximum absolute atomic E-state index is 14.5. The maximum Gasteiger partial charge on any atom is 0.416 e. The van der Waals surface area contributed by atoms with Gasteiger partial charge in [-0.2, -0.15) is 13.2 Å². The van der Waals surface area contributed by atoms with E-state index < -0.39 is 23.7 Å². The molecule has 0 radical (unpaired) electrons. The fourth-order valence-electron chi connectivity index (χ4n) is 6.36. The number of unbranched alkanes of at least 4 members (excludes halogenated alkanes) is 2. The van der Waals surface area contributed by atoms with E-state index in [1.807, 2.05) is 59.5 Å². The quantitative estimate of drug-likeness (QED) is 0.0929. The van der Waals surface area contributed by atoms with Gasteiger partial charge in [-0.3, -0.25) is 14.5 Å². The van der Waals surface area contributed by atoms with Crippen LogP contribution in [0, 0.1) is 0 Å². The Balaban J connectivity index is 1.39. The van der Waals surface area contributed by atoms with Crippen LogP contribution in [0.25, 0.3) is 6.08 Å². The number of methoxy groups -OCH3 is 1. The first-order chi connectivity index (χ1) is 25.1. The van der Waals surface area contributed by atoms with Gasteiger partial charge in [-0.25, -0.2) is 4.98 Å². The van der Waals surface area contributed by atoms with Gasteiger partial charge in [0.05, 0.1) is 12.7 Å². The van der Waals surface area contributed by atoms with E-state index in [9.17, 15) is 22.8 Å². The zero-order chi connectivity index (χ0) is 36.9. The van der Waals surface area contributed by atoms with Crippen LogP contribution in [0.3, 0.4) is 0 Å². The zero-order valence-electron chi connectivity index (χ0n) is 29.9. The smallest absolute Gasteiger partial charge is 0.416 e. The van der Waals surface area contributed by atoms with Crippen LogP contribution in [-0.2, 0) is 41.7 Å². The lowest BCUT2D eigenvalue weighted by molar-refractivity contribution is -0.145. The van der Waals surface area contributed by atoms with Gasteiger partial charge in [0, 0.05) is 64.0 Å². The summed E-state index contributed by atoms with van der Waals surface area (Å²) in [5, 5.41) is 0. The van der Waals surface area contributed by atoms with Crippen LogP contribution in [0.15, 0.2) is 103 Å². The molecule has 0 bridgehead atoms. The Bertz CT molecular complexity index is 1740. The number of piperazine rings is 1. The van der Waals surface area contributed by atoms with E-state index >= 15 is 0 Å². The van der Waals surface area contributed by atoms with Crippen molar-refractivity contribution in [3.05, 3.63) is 137 Å². The predicted octanol–water partition coefficient (Wildman–Crippen LogP) is 7.84. The molecular formula is C42H47F3N4O3. The number of aromatic nitrogens is 1. The van der Waals surface area contributed by atoms with E-state index in [1.165, 1.54) is 29.8 Å². The number of carbonyl (C=O) groups is 2. The van der Waals surface area contributed by atoms with Gasteiger partial charge in [-0.1, -0.05) is 92.6 Å². The van der Waals surface area contributed by atoms with Gasteiger partial charge in [0.25, 0.3) is 0 Å². The third-order valence-corrected chi connectivity index (χ3v) is 9.41. The number of ether oxygens (including phenoxy) is 1. The second-order valence-electron chi connectivity index (χ2n) is 13.2. The van der Waals surface area contributed by atoms with Gasteiger partial charge >= 0.3 is 6.18 Å². The lowest BCUT2D eigenvalue weighted by Crippen LogP contribution is -2.56. The van der Waals surface area contributed by atoms with Gasteiger partial charge in [0.1, 0.15) is 6.04 Å². The molecule has 7 nitrogen and oxygen atoms in total. The number of amides is 2. The van der Waals surface area contributed by atoms with Crippen molar-refractivity contribution in [2.75, 3.05) is 33.3 Å². The molecular weight excluding hydrogens is 665 g/mol. The topological polar surface area (TPSA) is 66.0 Å². The second-order valence-corrected chi connectivity index (χ2v) is 13.2. The summed E-state index contributed by atoms with van der Waals surface area (Å²) in [6.07, 6.45) is 4.89. The normalized spacial score (nSPS) is 14.4. The van der Waals surface area contributed by atoms with E-state index in [1.54, 1.807) is 18.2 Å². The number of carbonyl (C=O) groups excluding carboxylic acids is 2. The van der Waals surface area contributed by atoms with E-state index in [4.69, 9.17) is 4.74 Å². The van der Waals surface area contributed by atoms with E-state index in [-0.39, 0.29) is 12.5 Å². The summed E-state index contributed by atoms with van der Waals surface area (Å²) in [4.78, 5) is 38.7. The minimum absolute atomic E-state index is 0.137. The van der Waals surface area contributed by atoms with Crippen molar-refractivity contribution >= 4 is 17.9 Å². The summed E-state index contributed by atoms with van der Waals surface area (Å²) in [5.74, 6) is 0.0220. The minimum Gasteiger partial charge on any atom is -0.481 e. The molecule has 1 saturated heterocycles. The average molecular weight is 713 g/mol. The Morgan fingerprint density at radius 1 is 0.846 bits per heavy atom. The zero-order valence-corrected chi connectivity index (χ0v) is 29.9. The molecule has 1 aliphatic heterocycles. The van der Waals surface area contributed by atoms with Crippen molar-refractivity contribution in [2.45, 2.75) is 64.3 Å². The van der Waals surface area contributed by atoms with Gasteiger partial charge in [0.15, 0.2) is 0 Å². The lowest BCUT2D eigenvalue weighted by atomic mass is 10.0. The summed E-state index contributed by atoms with van der Waals surface area (Å²) in [6, 6.07) is 25.5. The number of pyridine rings is 1. The molecule has 2 heterocycles. The molecule has 1 fully saturated rings. The fraction of sp³-hybridized carbons (Fsp3) is 0.357. The van der Waals surface area contributed by atoms with Crippen molar-refractivity contribution < 1.29 is 27.5 Å². The number of benzene rings is 3. The number of rotatable bonds is 15. The first-order valence-electron chi connectivity index (χ1n) is 17.9. The summed E-state index contributed by atoms with van der Waals surface area (Å²) in [6.45, 7) is 5.40. The van der Waals surface area contributed by atoms with Crippen LogP contribution in [-0.4, -0.2) is 70.8 Å². The third-order valence-electron chi connectivity index (χ3n) is 9.41. The molecule has 1 aliphatic rings. The van der Waals surface area contributed by atoms with Crippen molar-refractivity contribution in [2.24, 2.45) is 0 Å². The first kappa shape index (κ1) is 38.3. The Morgan fingerprint density at radius 2 is 1.52 bits per heavy atom. The second kappa shape index (κ2) is 18.5. The standard InChI is InChI=1S/C42H47F3N4O3/c1-3-4-6-9-32-12-14-35(15-13-32)31-49(40(50)23-19-33-16-20-37(21-17-33)42(43,44)45)38(28-34-10-7-5-8-11-34)41(51)48-26-24-47(25-27-48)30-36-18-22-39(52-2)46-29-36/h5,7-8,10-23,29,38H,3-4,6,9,24-28,30-31H2,1-2H3/t38-/m0/s1. The third kappa shape index (κ3) is 11.0. The molecule has 1 atom stereocenters. The van der Waals surface area contributed by atoms with Crippen molar-refractivity contribution in [3.8, 4) is 5.88 Å². The molecule has 52 heavy (non-hydrogen) atoms. The Kier molecular flexibility index (Phi) is 13.6. The molecule has 0 unspecified atom stereocenters. The van der Waals surface area contributed by atoms with Crippen molar-refractivity contribution in [3.63, 3.8) is 0 Å². The van der Waals surface area contributed by atoms with Crippen LogP contribution in [0.2, 0.25) is 0 Å². The van der Waals surface area contributed by atoms with Crippen LogP contribution in [0.4, 0.5) is 13.2 Å². The van der Waals surface area contributed by atoms with Gasteiger partial charge in [-0.15, -0.1) is 0 Å². The number of hydrogen-bond donors (Lipinski definition) is 0. The minimum atomic E-state index is -4.45. The molecule has 1 aromatic heterocycles. The summed E-state index contributed by atoms with van der Waals surface area (Å²) < 4.78 is 44.7. The van der Waals surface area contributed by atoms with Gasteiger partial charge in [-0.05, 0) is 58.9 Å². The molecule has 274 valence electrons. The Morgan fingerprint density at radius 3 is 2.13 bits per heavy atom. The molecule has 5 rings (SSSR count). The molecule has 0 saturated carbocycles. The number of hydrogen-bond acceptors (Lipinski definition) is 5. The summed E-state index contributed by atoms with van der Waals surface area (Å²) >= 11 is 0. The number of alkyl halides is 3. The molecule has 0 aliphatic carbocycles. The monoisotopic (exact) mass is 712 g/mol. The molecule has 0 spiro atoms. The number of nitrogens with zero attached hydrogens (tertiary/aromatic N) is 4. The highest BCUT2D eigenvalue weighted by Gasteiger charge is 2.34. The van der Waals surface area contributed by atoms with Crippen LogP contribution in [0.1, 0.15) is 59.6 Å². The largest absolute Gasteiger partial charge is 0.481 e. The molecule has 4 aromatic rings. The SMILES string of the molecule is CCCCCc1ccc(CN(C(=O)C=Cc2ccc(C(F)(F)F)cc2)[C@@H](Cc2ccccc2)C(=O)N2CCN(Cc3ccc(OC)nc3)CC2)cc1. The number of aryl methyl sites for hydroxylation is 1. The highest BCUT2D eigenvalue weighted by Crippen LogP contribution is 2.29. The van der Waals surface area contributed by atoms with E-state index in [2.05, 4.69) is 28.9 Å².